The van der Waals surface area contributed by atoms with Gasteiger partial charge < -0.3 is 10.1 Å². The number of benzene rings is 2. The van der Waals surface area contributed by atoms with Gasteiger partial charge in [0.05, 0.1) is 5.56 Å². The Hall–Kier alpha value is -3.11. The number of carbonyl (C=O) groups is 1. The highest BCUT2D eigenvalue weighted by Crippen LogP contribution is 2.32. The molecule has 0 fully saturated rings. The average Bonchev–Trinajstić information content (AvgIpc) is 3.09. The van der Waals surface area contributed by atoms with Crippen LogP contribution in [0.3, 0.4) is 0 Å². The van der Waals surface area contributed by atoms with Crippen molar-refractivity contribution in [3.8, 4) is 16.9 Å². The number of rotatable bonds is 3. The Morgan fingerprint density at radius 1 is 1.08 bits per heavy atom. The molecule has 0 amide bonds. The first-order valence-corrected chi connectivity index (χ1v) is 8.07. The topological polar surface area (TPSA) is 66.0 Å². The van der Waals surface area contributed by atoms with Crippen LogP contribution in [0.2, 0.25) is 5.15 Å². The monoisotopic (exact) mass is 348 g/mol. The largest absolute Gasteiger partial charge is 0.508 e. The molecule has 0 radical (unpaired) electrons. The fourth-order valence-corrected chi connectivity index (χ4v) is 3.15. The van der Waals surface area contributed by atoms with E-state index < -0.39 is 0 Å². The van der Waals surface area contributed by atoms with Crippen LogP contribution in [-0.4, -0.2) is 20.9 Å². The summed E-state index contributed by atoms with van der Waals surface area (Å²) in [5, 5.41) is 11.3. The third-order valence-corrected chi connectivity index (χ3v) is 4.39. The van der Waals surface area contributed by atoms with E-state index in [-0.39, 0.29) is 16.7 Å². The van der Waals surface area contributed by atoms with E-state index in [0.29, 0.717) is 11.1 Å². The van der Waals surface area contributed by atoms with Crippen molar-refractivity contribution in [2.75, 3.05) is 0 Å². The fourth-order valence-electron chi connectivity index (χ4n) is 2.95. The summed E-state index contributed by atoms with van der Waals surface area (Å²) >= 11 is 6.03. The van der Waals surface area contributed by atoms with E-state index in [0.717, 1.165) is 22.0 Å². The molecule has 5 heteroatoms. The number of nitrogens with one attached hydrogen (secondary N) is 1. The van der Waals surface area contributed by atoms with Crippen LogP contribution >= 0.6 is 11.6 Å². The maximum atomic E-state index is 12.8. The summed E-state index contributed by atoms with van der Waals surface area (Å²) in [6.07, 6.45) is 3.39. The first-order valence-electron chi connectivity index (χ1n) is 7.69. The van der Waals surface area contributed by atoms with Gasteiger partial charge in [0.25, 0.3) is 0 Å². The molecule has 0 saturated heterocycles. The molecular weight excluding hydrogens is 336 g/mol. The summed E-state index contributed by atoms with van der Waals surface area (Å²) < 4.78 is 0. The molecule has 0 atom stereocenters. The third-order valence-electron chi connectivity index (χ3n) is 4.09. The molecule has 4 rings (SSSR count). The molecule has 2 N–H and O–H groups in total. The van der Waals surface area contributed by atoms with Crippen LogP contribution in [0.15, 0.2) is 67.0 Å². The number of aromatic amines is 1. The summed E-state index contributed by atoms with van der Waals surface area (Å²) in [6.45, 7) is 0. The van der Waals surface area contributed by atoms with Gasteiger partial charge in [0, 0.05) is 28.9 Å². The van der Waals surface area contributed by atoms with Crippen molar-refractivity contribution in [3.05, 3.63) is 83.3 Å². The van der Waals surface area contributed by atoms with E-state index in [1.54, 1.807) is 24.3 Å². The highest BCUT2D eigenvalue weighted by Gasteiger charge is 2.16. The summed E-state index contributed by atoms with van der Waals surface area (Å²) in [5.74, 6) is -0.259. The number of hydrogen-bond acceptors (Lipinski definition) is 3. The number of hydrogen-bond donors (Lipinski definition) is 2. The molecule has 0 spiro atoms. The normalized spacial score (nSPS) is 10.9. The van der Waals surface area contributed by atoms with E-state index in [2.05, 4.69) is 9.97 Å². The summed E-state index contributed by atoms with van der Waals surface area (Å²) in [5.41, 5.74) is 3.34. The van der Waals surface area contributed by atoms with E-state index in [4.69, 9.17) is 11.6 Å². The molecule has 2 aromatic carbocycles. The molecule has 0 unspecified atom stereocenters. The molecule has 0 aliphatic carbocycles. The maximum absolute atomic E-state index is 12.8. The van der Waals surface area contributed by atoms with Gasteiger partial charge in [-0.2, -0.15) is 0 Å². The Morgan fingerprint density at radius 2 is 1.96 bits per heavy atom. The minimum atomic E-state index is -0.281. The number of fused-ring (bicyclic) bond motifs is 1. The third kappa shape index (κ3) is 2.77. The van der Waals surface area contributed by atoms with Gasteiger partial charge in [0.2, 0.25) is 0 Å². The van der Waals surface area contributed by atoms with Gasteiger partial charge in [-0.3, -0.25) is 4.79 Å². The number of pyridine rings is 1. The van der Waals surface area contributed by atoms with Crippen molar-refractivity contribution in [2.45, 2.75) is 0 Å². The van der Waals surface area contributed by atoms with E-state index in [1.165, 1.54) is 12.3 Å². The SMILES string of the molecule is O=C(c1cc(O)cc(-c2cccc3[nH]ccc23)c1)c1cccnc1Cl. The molecule has 0 bridgehead atoms. The molecule has 0 aliphatic rings. The van der Waals surface area contributed by atoms with E-state index >= 15 is 0 Å². The molecule has 2 heterocycles. The Morgan fingerprint density at radius 3 is 2.80 bits per heavy atom. The average molecular weight is 349 g/mol. The van der Waals surface area contributed by atoms with Crippen molar-refractivity contribution < 1.29 is 9.90 Å². The highest BCUT2D eigenvalue weighted by molar-refractivity contribution is 6.33. The molecule has 0 saturated carbocycles. The minimum Gasteiger partial charge on any atom is -0.508 e. The number of phenolic OH excluding ortho intramolecular Hbond substituents is 1. The molecule has 25 heavy (non-hydrogen) atoms. The van der Waals surface area contributed by atoms with Gasteiger partial charge >= 0.3 is 0 Å². The number of halogens is 1. The van der Waals surface area contributed by atoms with Crippen molar-refractivity contribution in [3.63, 3.8) is 0 Å². The summed E-state index contributed by atoms with van der Waals surface area (Å²) in [6, 6.07) is 15.9. The molecule has 2 aromatic heterocycles. The first kappa shape index (κ1) is 15.4. The number of phenols is 1. The lowest BCUT2D eigenvalue weighted by atomic mass is 9.96. The van der Waals surface area contributed by atoms with Crippen molar-refractivity contribution in [1.82, 2.24) is 9.97 Å². The highest BCUT2D eigenvalue weighted by atomic mass is 35.5. The minimum absolute atomic E-state index is 0.0217. The lowest BCUT2D eigenvalue weighted by Crippen LogP contribution is -2.03. The first-order chi connectivity index (χ1) is 12.1. The zero-order chi connectivity index (χ0) is 17.4. The molecule has 4 aromatic rings. The Kier molecular flexibility index (Phi) is 3.75. The standard InChI is InChI=1S/C20H13ClN2O2/c21-20-17(4-2-7-23-20)19(25)13-9-12(10-14(24)11-13)15-3-1-5-18-16(15)6-8-22-18/h1-11,22,24H. The van der Waals surface area contributed by atoms with Crippen LogP contribution in [0.4, 0.5) is 0 Å². The molecule has 4 nitrogen and oxygen atoms in total. The zero-order valence-corrected chi connectivity index (χ0v) is 13.8. The number of carbonyl (C=O) groups excluding carboxylic acids is 1. The molecule has 0 aliphatic heterocycles. The van der Waals surface area contributed by atoms with Gasteiger partial charge in [-0.1, -0.05) is 23.7 Å². The van der Waals surface area contributed by atoms with Crippen LogP contribution in [0.25, 0.3) is 22.0 Å². The van der Waals surface area contributed by atoms with Crippen molar-refractivity contribution >= 4 is 28.3 Å². The van der Waals surface area contributed by atoms with Crippen LogP contribution in [0.1, 0.15) is 15.9 Å². The number of aromatic hydroxyl groups is 1. The van der Waals surface area contributed by atoms with E-state index in [9.17, 15) is 9.90 Å². The van der Waals surface area contributed by atoms with E-state index in [1.807, 2.05) is 30.5 Å². The zero-order valence-electron chi connectivity index (χ0n) is 13.0. The van der Waals surface area contributed by atoms with Gasteiger partial charge in [-0.05, 0) is 53.6 Å². The lowest BCUT2D eigenvalue weighted by molar-refractivity contribution is 0.103. The quantitative estimate of drug-likeness (QED) is 0.412. The van der Waals surface area contributed by atoms with Crippen molar-refractivity contribution in [2.24, 2.45) is 0 Å². The Bertz CT molecular complexity index is 1100. The molecule has 122 valence electrons. The predicted molar refractivity (Wildman–Crippen MR) is 98.1 cm³/mol. The fraction of sp³-hybridized carbons (Fsp3) is 0. The summed E-state index contributed by atoms with van der Waals surface area (Å²) in [7, 11) is 0. The second-order valence-corrected chi connectivity index (χ2v) is 6.04. The van der Waals surface area contributed by atoms with Gasteiger partial charge in [-0.15, -0.1) is 0 Å². The smallest absolute Gasteiger partial charge is 0.196 e. The number of aromatic nitrogens is 2. The van der Waals surface area contributed by atoms with Crippen LogP contribution in [-0.2, 0) is 0 Å². The maximum Gasteiger partial charge on any atom is 0.196 e. The Balaban J connectivity index is 1.86. The van der Waals surface area contributed by atoms with Gasteiger partial charge in [0.1, 0.15) is 10.9 Å². The predicted octanol–water partition coefficient (Wildman–Crippen LogP) is 4.82. The Labute approximate surface area is 148 Å². The van der Waals surface area contributed by atoms with Crippen LogP contribution in [0, 0.1) is 0 Å². The van der Waals surface area contributed by atoms with Crippen LogP contribution < -0.4 is 0 Å². The van der Waals surface area contributed by atoms with Crippen molar-refractivity contribution in [1.29, 1.82) is 0 Å². The van der Waals surface area contributed by atoms with Crippen LogP contribution in [0.5, 0.6) is 5.75 Å². The van der Waals surface area contributed by atoms with Gasteiger partial charge in [-0.25, -0.2) is 4.98 Å². The summed E-state index contributed by atoms with van der Waals surface area (Å²) in [4.78, 5) is 19.9. The second-order valence-electron chi connectivity index (χ2n) is 5.68. The van der Waals surface area contributed by atoms with Gasteiger partial charge in [0.15, 0.2) is 5.78 Å². The second kappa shape index (κ2) is 6.07. The molecular formula is C20H13ClN2O2. The number of ketones is 1. The number of nitrogens with zero attached hydrogens (tertiary/aromatic N) is 1. The lowest BCUT2D eigenvalue weighted by Gasteiger charge is -2.09. The number of H-pyrrole nitrogens is 1.